The lowest BCUT2D eigenvalue weighted by Gasteiger charge is -2.12. The zero-order chi connectivity index (χ0) is 20.1. The number of aromatic nitrogens is 3. The number of benzene rings is 2. The second-order valence-electron chi connectivity index (χ2n) is 6.93. The smallest absolute Gasteiger partial charge is 0.122 e. The Balaban J connectivity index is 1.67. The van der Waals surface area contributed by atoms with Gasteiger partial charge in [0.25, 0.3) is 0 Å². The Morgan fingerprint density at radius 1 is 1.00 bits per heavy atom. The van der Waals surface area contributed by atoms with E-state index in [1.54, 1.807) is 18.6 Å². The molecule has 2 aromatic carbocycles. The summed E-state index contributed by atoms with van der Waals surface area (Å²) in [4.78, 5) is 13.2. The highest BCUT2D eigenvalue weighted by atomic mass is 16.5. The molecule has 144 valence electrons. The first-order valence-electron chi connectivity index (χ1n) is 9.75. The van der Waals surface area contributed by atoms with E-state index in [1.807, 2.05) is 25.3 Å². The molecule has 0 fully saturated rings. The number of hydrogen-bond acceptors (Lipinski definition) is 4. The average molecular weight is 381 g/mol. The molecule has 0 spiro atoms. The van der Waals surface area contributed by atoms with E-state index in [0.717, 1.165) is 39.9 Å². The van der Waals surface area contributed by atoms with Gasteiger partial charge in [-0.3, -0.25) is 15.0 Å². The first kappa shape index (κ1) is 18.8. The molecular formula is C25H23N3O. The van der Waals surface area contributed by atoms with Crippen LogP contribution in [-0.4, -0.2) is 21.6 Å². The van der Waals surface area contributed by atoms with Crippen LogP contribution >= 0.6 is 0 Å². The van der Waals surface area contributed by atoms with Crippen LogP contribution in [-0.2, 0) is 6.42 Å². The maximum Gasteiger partial charge on any atom is 0.122 e. The number of nitrogens with zero attached hydrogens (tertiary/aromatic N) is 3. The summed E-state index contributed by atoms with van der Waals surface area (Å²) in [5.74, 6) is 0.798. The van der Waals surface area contributed by atoms with Crippen molar-refractivity contribution < 1.29 is 4.74 Å². The highest BCUT2D eigenvalue weighted by Crippen LogP contribution is 2.32. The topological polar surface area (TPSA) is 47.9 Å². The molecule has 0 bridgehead atoms. The van der Waals surface area contributed by atoms with Gasteiger partial charge in [-0.05, 0) is 48.2 Å². The number of ether oxygens (including phenoxy) is 1. The normalized spacial score (nSPS) is 11.2. The zero-order valence-electron chi connectivity index (χ0n) is 16.7. The van der Waals surface area contributed by atoms with Crippen molar-refractivity contribution in [3.63, 3.8) is 0 Å². The Morgan fingerprint density at radius 2 is 1.90 bits per heavy atom. The van der Waals surface area contributed by atoms with Gasteiger partial charge in [-0.15, -0.1) is 0 Å². The second-order valence-corrected chi connectivity index (χ2v) is 6.93. The van der Waals surface area contributed by atoms with Gasteiger partial charge in [-0.2, -0.15) is 0 Å². The molecule has 0 aliphatic carbocycles. The van der Waals surface area contributed by atoms with Crippen LogP contribution in [0, 0.1) is 6.92 Å². The zero-order valence-corrected chi connectivity index (χ0v) is 16.7. The van der Waals surface area contributed by atoms with Crippen molar-refractivity contribution in [2.45, 2.75) is 20.3 Å². The van der Waals surface area contributed by atoms with E-state index in [2.05, 4.69) is 64.4 Å². The van der Waals surface area contributed by atoms with E-state index in [0.29, 0.717) is 6.61 Å². The van der Waals surface area contributed by atoms with Crippen LogP contribution < -0.4 is 4.74 Å². The molecule has 2 aromatic heterocycles. The van der Waals surface area contributed by atoms with Gasteiger partial charge in [0.05, 0.1) is 17.6 Å². The monoisotopic (exact) mass is 381 g/mol. The molecule has 4 nitrogen and oxygen atoms in total. The minimum atomic E-state index is 0.580. The van der Waals surface area contributed by atoms with Gasteiger partial charge >= 0.3 is 0 Å². The van der Waals surface area contributed by atoms with Crippen molar-refractivity contribution in [3.05, 3.63) is 90.0 Å². The Labute approximate surface area is 170 Å². The summed E-state index contributed by atoms with van der Waals surface area (Å²) in [6, 6.07) is 14.5. The molecule has 0 aliphatic rings. The summed E-state index contributed by atoms with van der Waals surface area (Å²) in [7, 11) is 0. The van der Waals surface area contributed by atoms with Crippen molar-refractivity contribution in [3.8, 4) is 16.9 Å². The van der Waals surface area contributed by atoms with E-state index in [-0.39, 0.29) is 0 Å². The minimum Gasteiger partial charge on any atom is -0.493 e. The number of allylic oxidation sites excluding steroid dienone is 1. The SMILES string of the molecule is C/C=C\c1ccc(-c2cc(OCCc3cccnc3)cc3nccnc23)cc1C. The molecule has 4 aromatic rings. The predicted molar refractivity (Wildman–Crippen MR) is 118 cm³/mol. The third-order valence-electron chi connectivity index (χ3n) is 4.86. The first-order valence-corrected chi connectivity index (χ1v) is 9.75. The maximum absolute atomic E-state index is 6.07. The van der Waals surface area contributed by atoms with Gasteiger partial charge in [-0.1, -0.05) is 36.4 Å². The fourth-order valence-corrected chi connectivity index (χ4v) is 3.39. The van der Waals surface area contributed by atoms with E-state index >= 15 is 0 Å². The maximum atomic E-state index is 6.07. The lowest BCUT2D eigenvalue weighted by Crippen LogP contribution is -2.02. The Bertz CT molecular complexity index is 1150. The van der Waals surface area contributed by atoms with Crippen LogP contribution in [0.3, 0.4) is 0 Å². The molecule has 0 amide bonds. The highest BCUT2D eigenvalue weighted by molar-refractivity contribution is 5.93. The molecular weight excluding hydrogens is 358 g/mol. The third-order valence-corrected chi connectivity index (χ3v) is 4.86. The summed E-state index contributed by atoms with van der Waals surface area (Å²) >= 11 is 0. The lowest BCUT2D eigenvalue weighted by atomic mass is 9.98. The molecule has 0 atom stereocenters. The van der Waals surface area contributed by atoms with Crippen molar-refractivity contribution >= 4 is 17.1 Å². The second kappa shape index (κ2) is 8.65. The van der Waals surface area contributed by atoms with E-state index in [4.69, 9.17) is 4.74 Å². The number of fused-ring (bicyclic) bond motifs is 1. The quantitative estimate of drug-likeness (QED) is 0.433. The summed E-state index contributed by atoms with van der Waals surface area (Å²) in [6.07, 6.45) is 12.1. The summed E-state index contributed by atoms with van der Waals surface area (Å²) in [6.45, 7) is 4.74. The Morgan fingerprint density at radius 3 is 2.69 bits per heavy atom. The van der Waals surface area contributed by atoms with Crippen LogP contribution in [0.15, 0.2) is 73.3 Å². The molecule has 0 N–H and O–H groups in total. The lowest BCUT2D eigenvalue weighted by molar-refractivity contribution is 0.322. The van der Waals surface area contributed by atoms with Crippen LogP contribution in [0.5, 0.6) is 5.75 Å². The van der Waals surface area contributed by atoms with Crippen molar-refractivity contribution in [1.29, 1.82) is 0 Å². The number of pyridine rings is 1. The Kier molecular flexibility index (Phi) is 5.61. The summed E-state index contributed by atoms with van der Waals surface area (Å²) < 4.78 is 6.07. The minimum absolute atomic E-state index is 0.580. The van der Waals surface area contributed by atoms with Crippen LogP contribution in [0.25, 0.3) is 28.2 Å². The molecule has 0 radical (unpaired) electrons. The van der Waals surface area contributed by atoms with Crippen molar-refractivity contribution in [2.24, 2.45) is 0 Å². The third kappa shape index (κ3) is 4.32. The molecule has 0 saturated heterocycles. The molecule has 0 saturated carbocycles. The van der Waals surface area contributed by atoms with Gasteiger partial charge in [-0.25, -0.2) is 0 Å². The number of hydrogen-bond donors (Lipinski definition) is 0. The molecule has 2 heterocycles. The molecule has 0 unspecified atom stereocenters. The average Bonchev–Trinajstić information content (AvgIpc) is 2.75. The van der Waals surface area contributed by atoms with E-state index in [9.17, 15) is 0 Å². The van der Waals surface area contributed by atoms with Gasteiger partial charge in [0.2, 0.25) is 0 Å². The summed E-state index contributed by atoms with van der Waals surface area (Å²) in [5, 5.41) is 0. The largest absolute Gasteiger partial charge is 0.493 e. The van der Waals surface area contributed by atoms with Crippen LogP contribution in [0.4, 0.5) is 0 Å². The van der Waals surface area contributed by atoms with E-state index in [1.165, 1.54) is 11.1 Å². The standard InChI is InChI=1S/C25H23N3O/c1-3-5-20-7-8-21(14-18(20)2)23-15-22(16-24-25(23)28-12-11-27-24)29-13-9-19-6-4-10-26-17-19/h3-8,10-12,14-17H,9,13H2,1-2H3/b5-3-. The molecule has 4 rings (SSSR count). The van der Waals surface area contributed by atoms with Crippen molar-refractivity contribution in [2.75, 3.05) is 6.61 Å². The molecule has 29 heavy (non-hydrogen) atoms. The van der Waals surface area contributed by atoms with Crippen LogP contribution in [0.2, 0.25) is 0 Å². The molecule has 4 heteroatoms. The summed E-state index contributed by atoms with van der Waals surface area (Å²) in [5.41, 5.74) is 7.45. The van der Waals surface area contributed by atoms with Gasteiger partial charge < -0.3 is 4.74 Å². The number of aryl methyl sites for hydroxylation is 1. The highest BCUT2D eigenvalue weighted by Gasteiger charge is 2.11. The van der Waals surface area contributed by atoms with Crippen molar-refractivity contribution in [1.82, 2.24) is 15.0 Å². The van der Waals surface area contributed by atoms with Gasteiger partial charge in [0, 0.05) is 42.8 Å². The van der Waals surface area contributed by atoms with Gasteiger partial charge in [0.15, 0.2) is 0 Å². The molecule has 0 aliphatic heterocycles. The first-order chi connectivity index (χ1) is 14.2. The van der Waals surface area contributed by atoms with Crippen LogP contribution in [0.1, 0.15) is 23.6 Å². The van der Waals surface area contributed by atoms with Gasteiger partial charge in [0.1, 0.15) is 5.75 Å². The fraction of sp³-hybridized carbons (Fsp3) is 0.160. The number of rotatable bonds is 6. The Hall–Kier alpha value is -3.53. The van der Waals surface area contributed by atoms with E-state index < -0.39 is 0 Å². The predicted octanol–water partition coefficient (Wildman–Crippen LogP) is 5.65. The fourth-order valence-electron chi connectivity index (χ4n) is 3.39.